The Morgan fingerprint density at radius 2 is 2.10 bits per heavy atom. The molecule has 0 aliphatic carbocycles. The van der Waals surface area contributed by atoms with Crippen LogP contribution < -0.4 is 9.47 Å². The summed E-state index contributed by atoms with van der Waals surface area (Å²) in [7, 11) is 1.55. The van der Waals surface area contributed by atoms with Crippen molar-refractivity contribution in [2.45, 2.75) is 27.0 Å². The number of ether oxygens (including phenoxy) is 2. The Kier molecular flexibility index (Phi) is 4.40. The van der Waals surface area contributed by atoms with Gasteiger partial charge in [0.05, 0.1) is 18.5 Å². The molecule has 0 saturated carbocycles. The van der Waals surface area contributed by atoms with Crippen LogP contribution in [-0.4, -0.2) is 23.2 Å². The zero-order valence-electron chi connectivity index (χ0n) is 11.9. The fourth-order valence-electron chi connectivity index (χ4n) is 2.02. The molecule has 106 valence electrons. The molecule has 0 unspecified atom stereocenters. The molecule has 0 N–H and O–H groups in total. The quantitative estimate of drug-likeness (QED) is 0.760. The Bertz CT molecular complexity index is 605. The Balaban J connectivity index is 2.16. The second-order valence-electron chi connectivity index (χ2n) is 4.41. The van der Waals surface area contributed by atoms with E-state index in [1.165, 1.54) is 0 Å². The van der Waals surface area contributed by atoms with Crippen LogP contribution in [0.3, 0.4) is 0 Å². The number of rotatable bonds is 6. The number of hydrogen-bond donors (Lipinski definition) is 0. The Hall–Kier alpha value is -2.30. The van der Waals surface area contributed by atoms with Gasteiger partial charge in [-0.15, -0.1) is 0 Å². The van der Waals surface area contributed by atoms with Gasteiger partial charge in [0.1, 0.15) is 12.9 Å². The van der Waals surface area contributed by atoms with Gasteiger partial charge in [-0.3, -0.25) is 9.48 Å². The molecular weight excluding hydrogens is 256 g/mol. The summed E-state index contributed by atoms with van der Waals surface area (Å²) in [4.78, 5) is 10.7. The minimum Gasteiger partial charge on any atom is -0.493 e. The van der Waals surface area contributed by atoms with Crippen LogP contribution in [0.5, 0.6) is 11.5 Å². The lowest BCUT2D eigenvalue weighted by Gasteiger charge is -2.11. The van der Waals surface area contributed by atoms with Crippen molar-refractivity contribution in [3.8, 4) is 11.5 Å². The summed E-state index contributed by atoms with van der Waals surface area (Å²) in [6.07, 6.45) is 0.780. The van der Waals surface area contributed by atoms with Gasteiger partial charge in [-0.2, -0.15) is 5.10 Å². The smallest absolute Gasteiger partial charge is 0.161 e. The molecule has 0 aliphatic rings. The van der Waals surface area contributed by atoms with Gasteiger partial charge in [-0.05, 0) is 38.1 Å². The van der Waals surface area contributed by atoms with Crippen LogP contribution in [0.15, 0.2) is 24.3 Å². The minimum atomic E-state index is 0.408. The Morgan fingerprint density at radius 1 is 1.30 bits per heavy atom. The summed E-state index contributed by atoms with van der Waals surface area (Å²) in [6, 6.07) is 7.09. The molecule has 0 aliphatic heterocycles. The van der Waals surface area contributed by atoms with E-state index in [9.17, 15) is 4.79 Å². The van der Waals surface area contributed by atoms with E-state index in [1.54, 1.807) is 25.3 Å². The lowest BCUT2D eigenvalue weighted by Crippen LogP contribution is -2.06. The minimum absolute atomic E-state index is 0.408. The largest absolute Gasteiger partial charge is 0.493 e. The summed E-state index contributed by atoms with van der Waals surface area (Å²) in [5, 5.41) is 4.37. The number of aromatic nitrogens is 2. The summed E-state index contributed by atoms with van der Waals surface area (Å²) in [5.41, 5.74) is 2.53. The first-order chi connectivity index (χ1) is 9.67. The molecule has 0 bridgehead atoms. The van der Waals surface area contributed by atoms with E-state index in [-0.39, 0.29) is 0 Å². The molecule has 0 amide bonds. The van der Waals surface area contributed by atoms with E-state index in [2.05, 4.69) is 5.10 Å². The van der Waals surface area contributed by atoms with E-state index in [4.69, 9.17) is 9.47 Å². The van der Waals surface area contributed by atoms with E-state index in [0.717, 1.165) is 24.2 Å². The summed E-state index contributed by atoms with van der Waals surface area (Å²) in [6.45, 7) is 5.20. The number of hydrogen-bond acceptors (Lipinski definition) is 4. The number of nitrogens with zero attached hydrogens (tertiary/aromatic N) is 2. The molecular formula is C15H18N2O3. The van der Waals surface area contributed by atoms with Gasteiger partial charge >= 0.3 is 0 Å². The van der Waals surface area contributed by atoms with Crippen molar-refractivity contribution in [3.63, 3.8) is 0 Å². The Labute approximate surface area is 118 Å². The highest BCUT2D eigenvalue weighted by Crippen LogP contribution is 2.28. The van der Waals surface area contributed by atoms with Crippen molar-refractivity contribution in [2.75, 3.05) is 7.11 Å². The van der Waals surface area contributed by atoms with Crippen molar-refractivity contribution in [1.29, 1.82) is 0 Å². The highest BCUT2D eigenvalue weighted by atomic mass is 16.5. The fraction of sp³-hybridized carbons (Fsp3) is 0.333. The number of aryl methyl sites for hydroxylation is 2. The molecule has 0 spiro atoms. The number of carbonyl (C=O) groups is 1. The van der Waals surface area contributed by atoms with Crippen LogP contribution in [0.1, 0.15) is 28.7 Å². The van der Waals surface area contributed by atoms with Gasteiger partial charge in [0.2, 0.25) is 0 Å². The van der Waals surface area contributed by atoms with Crippen LogP contribution in [-0.2, 0) is 13.2 Å². The summed E-state index contributed by atoms with van der Waals surface area (Å²) in [5.74, 6) is 1.16. The van der Waals surface area contributed by atoms with E-state index in [1.807, 2.05) is 24.6 Å². The topological polar surface area (TPSA) is 53.4 Å². The van der Waals surface area contributed by atoms with Gasteiger partial charge in [-0.1, -0.05) is 0 Å². The number of carbonyl (C=O) groups excluding carboxylic acids is 1. The normalized spacial score (nSPS) is 10.3. The van der Waals surface area contributed by atoms with E-state index >= 15 is 0 Å². The van der Waals surface area contributed by atoms with Crippen molar-refractivity contribution in [1.82, 2.24) is 9.78 Å². The first-order valence-corrected chi connectivity index (χ1v) is 6.47. The molecule has 5 nitrogen and oxygen atoms in total. The standard InChI is InChI=1S/C15H18N2O3/c1-4-17-13(7-11(2)16-17)10-20-14-6-5-12(9-18)8-15(14)19-3/h5-9H,4,10H2,1-3H3. The maximum Gasteiger partial charge on any atom is 0.161 e. The predicted molar refractivity (Wildman–Crippen MR) is 75.4 cm³/mol. The third kappa shape index (κ3) is 2.99. The van der Waals surface area contributed by atoms with Crippen molar-refractivity contribution >= 4 is 6.29 Å². The summed E-state index contributed by atoms with van der Waals surface area (Å²) < 4.78 is 12.9. The second kappa shape index (κ2) is 6.23. The first kappa shape index (κ1) is 14.1. The number of aldehydes is 1. The average molecular weight is 274 g/mol. The van der Waals surface area contributed by atoms with Crippen LogP contribution in [0.4, 0.5) is 0 Å². The first-order valence-electron chi connectivity index (χ1n) is 6.47. The van der Waals surface area contributed by atoms with Gasteiger partial charge in [0.25, 0.3) is 0 Å². The number of methoxy groups -OCH3 is 1. The third-order valence-corrected chi connectivity index (χ3v) is 2.98. The molecule has 0 atom stereocenters. The maximum atomic E-state index is 10.7. The molecule has 2 aromatic rings. The lowest BCUT2D eigenvalue weighted by atomic mass is 10.2. The molecule has 0 radical (unpaired) electrons. The van der Waals surface area contributed by atoms with Crippen molar-refractivity contribution in [2.24, 2.45) is 0 Å². The van der Waals surface area contributed by atoms with Crippen molar-refractivity contribution < 1.29 is 14.3 Å². The fourth-order valence-corrected chi connectivity index (χ4v) is 2.02. The monoisotopic (exact) mass is 274 g/mol. The second-order valence-corrected chi connectivity index (χ2v) is 4.41. The molecule has 1 heterocycles. The molecule has 1 aromatic carbocycles. The SMILES string of the molecule is CCn1nc(C)cc1COc1ccc(C=O)cc1OC. The average Bonchev–Trinajstić information content (AvgIpc) is 2.85. The van der Waals surface area contributed by atoms with E-state index in [0.29, 0.717) is 23.7 Å². The molecule has 2 rings (SSSR count). The van der Waals surface area contributed by atoms with Crippen molar-refractivity contribution in [3.05, 3.63) is 41.2 Å². The molecule has 0 saturated heterocycles. The highest BCUT2D eigenvalue weighted by Gasteiger charge is 2.09. The van der Waals surface area contributed by atoms with Crippen LogP contribution in [0.25, 0.3) is 0 Å². The maximum absolute atomic E-state index is 10.7. The lowest BCUT2D eigenvalue weighted by molar-refractivity contribution is 0.112. The predicted octanol–water partition coefficient (Wildman–Crippen LogP) is 2.61. The zero-order chi connectivity index (χ0) is 14.5. The number of benzene rings is 1. The van der Waals surface area contributed by atoms with Gasteiger partial charge in [0, 0.05) is 12.1 Å². The molecule has 1 aromatic heterocycles. The third-order valence-electron chi connectivity index (χ3n) is 2.98. The summed E-state index contributed by atoms with van der Waals surface area (Å²) >= 11 is 0. The van der Waals surface area contributed by atoms with Crippen LogP contribution in [0.2, 0.25) is 0 Å². The van der Waals surface area contributed by atoms with Gasteiger partial charge in [0.15, 0.2) is 11.5 Å². The molecule has 0 fully saturated rings. The molecule has 20 heavy (non-hydrogen) atoms. The van der Waals surface area contributed by atoms with Crippen LogP contribution >= 0.6 is 0 Å². The van der Waals surface area contributed by atoms with Crippen LogP contribution in [0, 0.1) is 6.92 Å². The zero-order valence-corrected chi connectivity index (χ0v) is 11.9. The van der Waals surface area contributed by atoms with E-state index < -0.39 is 0 Å². The highest BCUT2D eigenvalue weighted by molar-refractivity contribution is 5.76. The van der Waals surface area contributed by atoms with Gasteiger partial charge < -0.3 is 9.47 Å². The van der Waals surface area contributed by atoms with Gasteiger partial charge in [-0.25, -0.2) is 0 Å². The Morgan fingerprint density at radius 3 is 2.75 bits per heavy atom. The molecule has 5 heteroatoms.